The number of aromatic amines is 1. The largest absolute Gasteiger partial charge is 0.511 e. The van der Waals surface area contributed by atoms with Crippen molar-refractivity contribution in [2.45, 2.75) is 39.7 Å². The summed E-state index contributed by atoms with van der Waals surface area (Å²) < 4.78 is 16.4. The van der Waals surface area contributed by atoms with Crippen molar-refractivity contribution in [3.63, 3.8) is 0 Å². The molecule has 0 spiro atoms. The second kappa shape index (κ2) is 9.80. The van der Waals surface area contributed by atoms with Crippen LogP contribution in [0.5, 0.6) is 0 Å². The van der Waals surface area contributed by atoms with Crippen molar-refractivity contribution in [3.05, 3.63) is 82.4 Å². The monoisotopic (exact) mass is 424 g/mol. The Morgan fingerprint density at radius 2 is 1.61 bits per heavy atom. The fraction of sp³-hybridized carbons (Fsp3) is 0.261. The maximum Gasteiger partial charge on any atom is 0.511 e. The molecule has 0 fully saturated rings. The number of carbonyl (C=O) groups is 2. The average Bonchev–Trinajstić information content (AvgIpc) is 3.08. The van der Waals surface area contributed by atoms with Crippen LogP contribution in [0.2, 0.25) is 0 Å². The van der Waals surface area contributed by atoms with Gasteiger partial charge >= 0.3 is 17.8 Å². The normalized spacial score (nSPS) is 11.7. The Kier molecular flexibility index (Phi) is 6.92. The molecule has 162 valence electrons. The van der Waals surface area contributed by atoms with Crippen LogP contribution in [0.15, 0.2) is 65.6 Å². The molecule has 8 nitrogen and oxygen atoms in total. The Morgan fingerprint density at radius 3 is 2.26 bits per heavy atom. The fourth-order valence-electron chi connectivity index (χ4n) is 2.86. The van der Waals surface area contributed by atoms with Crippen LogP contribution < -0.4 is 5.69 Å². The third-order valence-electron chi connectivity index (χ3n) is 4.28. The Balaban J connectivity index is 1.63. The fourth-order valence-corrected chi connectivity index (χ4v) is 2.86. The van der Waals surface area contributed by atoms with Gasteiger partial charge in [-0.3, -0.25) is 4.57 Å². The maximum atomic E-state index is 12.3. The van der Waals surface area contributed by atoms with E-state index in [-0.39, 0.29) is 17.4 Å². The van der Waals surface area contributed by atoms with Gasteiger partial charge in [-0.1, -0.05) is 42.5 Å². The molecule has 0 saturated heterocycles. The van der Waals surface area contributed by atoms with Gasteiger partial charge in [0.15, 0.2) is 0 Å². The zero-order chi connectivity index (χ0) is 22.4. The van der Waals surface area contributed by atoms with Gasteiger partial charge in [-0.15, -0.1) is 0 Å². The van der Waals surface area contributed by atoms with Crippen LogP contribution in [0.4, 0.5) is 4.79 Å². The zero-order valence-corrected chi connectivity index (χ0v) is 17.5. The van der Waals surface area contributed by atoms with Gasteiger partial charge in [0.05, 0.1) is 23.9 Å². The molecular weight excluding hydrogens is 400 g/mol. The van der Waals surface area contributed by atoms with Gasteiger partial charge in [0.25, 0.3) is 0 Å². The van der Waals surface area contributed by atoms with Crippen LogP contribution in [0.1, 0.15) is 36.7 Å². The number of hydrogen-bond donors (Lipinski definition) is 1. The SMILES string of the molecule is CC(C)OC(=O)OC(C)OC(=O)c1ccc(-c2cn(Cc3ccccc3)c(=O)[nH]2)cc1. The molecule has 0 aliphatic heterocycles. The smallest absolute Gasteiger partial charge is 0.431 e. The highest BCUT2D eigenvalue weighted by molar-refractivity contribution is 5.90. The molecule has 0 aliphatic rings. The van der Waals surface area contributed by atoms with Crippen LogP contribution in [0, 0.1) is 0 Å². The lowest BCUT2D eigenvalue weighted by Gasteiger charge is -2.15. The number of carbonyl (C=O) groups excluding carboxylic acids is 2. The summed E-state index contributed by atoms with van der Waals surface area (Å²) in [6, 6.07) is 16.2. The van der Waals surface area contributed by atoms with Gasteiger partial charge in [-0.05, 0) is 37.1 Å². The number of esters is 1. The number of rotatable bonds is 7. The van der Waals surface area contributed by atoms with Crippen molar-refractivity contribution >= 4 is 12.1 Å². The summed E-state index contributed by atoms with van der Waals surface area (Å²) in [7, 11) is 0. The Morgan fingerprint density at radius 1 is 0.935 bits per heavy atom. The lowest BCUT2D eigenvalue weighted by molar-refractivity contribution is -0.0866. The molecule has 0 bridgehead atoms. The predicted octanol–water partition coefficient (Wildman–Crippen LogP) is 3.96. The van der Waals surface area contributed by atoms with Crippen molar-refractivity contribution in [3.8, 4) is 11.3 Å². The molecule has 2 aromatic carbocycles. The number of H-pyrrole nitrogens is 1. The minimum absolute atomic E-state index is 0.221. The van der Waals surface area contributed by atoms with Crippen LogP contribution >= 0.6 is 0 Å². The molecule has 1 atom stereocenters. The van der Waals surface area contributed by atoms with E-state index in [1.54, 1.807) is 48.9 Å². The highest BCUT2D eigenvalue weighted by atomic mass is 16.8. The van der Waals surface area contributed by atoms with Crippen LogP contribution in [0.25, 0.3) is 11.3 Å². The molecule has 0 aliphatic carbocycles. The van der Waals surface area contributed by atoms with E-state index in [0.29, 0.717) is 12.2 Å². The van der Waals surface area contributed by atoms with E-state index >= 15 is 0 Å². The first-order chi connectivity index (χ1) is 14.8. The second-order valence-corrected chi connectivity index (χ2v) is 7.17. The van der Waals surface area contributed by atoms with Crippen LogP contribution in [-0.4, -0.2) is 34.1 Å². The van der Waals surface area contributed by atoms with E-state index in [2.05, 4.69) is 4.98 Å². The number of imidazole rings is 1. The first kappa shape index (κ1) is 21.9. The van der Waals surface area contributed by atoms with Crippen molar-refractivity contribution in [2.24, 2.45) is 0 Å². The molecule has 0 radical (unpaired) electrons. The molecule has 31 heavy (non-hydrogen) atoms. The van der Waals surface area contributed by atoms with E-state index in [1.165, 1.54) is 6.92 Å². The molecule has 0 amide bonds. The van der Waals surface area contributed by atoms with Gasteiger partial charge in [0.1, 0.15) is 0 Å². The molecule has 1 unspecified atom stereocenters. The number of hydrogen-bond acceptors (Lipinski definition) is 6. The molecule has 1 aromatic heterocycles. The van der Waals surface area contributed by atoms with E-state index in [4.69, 9.17) is 14.2 Å². The van der Waals surface area contributed by atoms with Crippen LogP contribution in [0.3, 0.4) is 0 Å². The third-order valence-corrected chi connectivity index (χ3v) is 4.28. The second-order valence-electron chi connectivity index (χ2n) is 7.17. The summed E-state index contributed by atoms with van der Waals surface area (Å²) in [5, 5.41) is 0. The van der Waals surface area contributed by atoms with Crippen molar-refractivity contribution in [1.82, 2.24) is 9.55 Å². The number of ether oxygens (including phenoxy) is 3. The third kappa shape index (κ3) is 6.08. The van der Waals surface area contributed by atoms with Gasteiger partial charge in [0, 0.05) is 13.1 Å². The van der Waals surface area contributed by atoms with Crippen LogP contribution in [-0.2, 0) is 20.8 Å². The quantitative estimate of drug-likeness (QED) is 0.455. The van der Waals surface area contributed by atoms with E-state index in [0.717, 1.165) is 11.1 Å². The highest BCUT2D eigenvalue weighted by Gasteiger charge is 2.17. The molecule has 1 N–H and O–H groups in total. The summed E-state index contributed by atoms with van der Waals surface area (Å²) >= 11 is 0. The zero-order valence-electron chi connectivity index (χ0n) is 17.5. The van der Waals surface area contributed by atoms with Gasteiger partial charge in [-0.25, -0.2) is 14.4 Å². The van der Waals surface area contributed by atoms with Gasteiger partial charge in [0.2, 0.25) is 6.29 Å². The molecular formula is C23H24N2O6. The van der Waals surface area contributed by atoms with Gasteiger partial charge in [-0.2, -0.15) is 0 Å². The molecule has 8 heteroatoms. The summed E-state index contributed by atoms with van der Waals surface area (Å²) in [6.07, 6.45) is -0.604. The topological polar surface area (TPSA) is 99.6 Å². The number of benzene rings is 2. The Bertz CT molecular complexity index is 1080. The van der Waals surface area contributed by atoms with Crippen molar-refractivity contribution < 1.29 is 23.8 Å². The summed E-state index contributed by atoms with van der Waals surface area (Å²) in [5.74, 6) is -0.647. The minimum atomic E-state index is -1.10. The standard InChI is InChI=1S/C23H24N2O6/c1-15(2)29-23(28)31-16(3)30-21(26)19-11-9-18(10-12-19)20-14-25(22(27)24-20)13-17-7-5-4-6-8-17/h4-12,14-16H,13H2,1-3H3,(H,24,27). The predicted molar refractivity (Wildman–Crippen MR) is 114 cm³/mol. The van der Waals surface area contributed by atoms with Crippen molar-refractivity contribution in [2.75, 3.05) is 0 Å². The van der Waals surface area contributed by atoms with Gasteiger partial charge < -0.3 is 19.2 Å². The maximum absolute atomic E-state index is 12.3. The molecule has 0 saturated carbocycles. The van der Waals surface area contributed by atoms with E-state index in [1.807, 2.05) is 30.3 Å². The highest BCUT2D eigenvalue weighted by Crippen LogP contribution is 2.18. The Hall–Kier alpha value is -3.81. The Labute approximate surface area is 179 Å². The average molecular weight is 424 g/mol. The summed E-state index contributed by atoms with van der Waals surface area (Å²) in [6.45, 7) is 5.25. The lowest BCUT2D eigenvalue weighted by Crippen LogP contribution is -2.23. The van der Waals surface area contributed by atoms with Crippen molar-refractivity contribution in [1.29, 1.82) is 0 Å². The first-order valence-electron chi connectivity index (χ1n) is 9.84. The molecule has 3 rings (SSSR count). The van der Waals surface area contributed by atoms with E-state index in [9.17, 15) is 14.4 Å². The lowest BCUT2D eigenvalue weighted by atomic mass is 10.1. The summed E-state index contributed by atoms with van der Waals surface area (Å²) in [5.41, 5.74) is 2.45. The number of nitrogens with one attached hydrogen (secondary N) is 1. The summed E-state index contributed by atoms with van der Waals surface area (Å²) in [4.78, 5) is 38.8. The molecule has 3 aromatic rings. The minimum Gasteiger partial charge on any atom is -0.431 e. The number of aromatic nitrogens is 2. The molecule has 1 heterocycles. The first-order valence-corrected chi connectivity index (χ1v) is 9.84. The van der Waals surface area contributed by atoms with E-state index < -0.39 is 18.4 Å². The number of nitrogens with zero attached hydrogens (tertiary/aromatic N) is 1.